The third-order valence-corrected chi connectivity index (χ3v) is 1.86. The Morgan fingerprint density at radius 1 is 1.60 bits per heavy atom. The van der Waals surface area contributed by atoms with Crippen LogP contribution >= 0.6 is 0 Å². The number of carbonyl (C=O) groups is 2. The Bertz CT molecular complexity index is 141. The van der Waals surface area contributed by atoms with Gasteiger partial charge in [0.2, 0.25) is 7.28 Å². The number of carbonyl (C=O) groups excluding carboxylic acids is 2. The Morgan fingerprint density at radius 2 is 2.30 bits per heavy atom. The first kappa shape index (κ1) is 7.51. The van der Waals surface area contributed by atoms with Gasteiger partial charge in [0, 0.05) is 0 Å². The molecular weight excluding hydrogens is 127 g/mol. The molecule has 0 N–H and O–H groups in total. The van der Waals surface area contributed by atoms with Crippen molar-refractivity contribution in [3.63, 3.8) is 0 Å². The molecule has 0 amide bonds. The lowest BCUT2D eigenvalue weighted by molar-refractivity contribution is -0.117. The molecule has 0 spiro atoms. The largest absolute Gasteiger partial charge is 0.311 e. The van der Waals surface area contributed by atoms with Gasteiger partial charge < -0.3 is 9.59 Å². The van der Waals surface area contributed by atoms with E-state index in [1.54, 1.807) is 7.28 Å². The molecule has 0 unspecified atom stereocenters. The van der Waals surface area contributed by atoms with Crippen molar-refractivity contribution in [2.45, 2.75) is 31.5 Å². The van der Waals surface area contributed by atoms with Crippen LogP contribution in [0.4, 0.5) is 0 Å². The van der Waals surface area contributed by atoms with Gasteiger partial charge in [-0.3, -0.25) is 0 Å². The lowest BCUT2D eigenvalue weighted by Crippen LogP contribution is -2.20. The number of aldehydes is 1. The van der Waals surface area contributed by atoms with Crippen LogP contribution in [0, 0.1) is 0 Å². The molecule has 1 rings (SSSR count). The summed E-state index contributed by atoms with van der Waals surface area (Å²) in [5.74, 6) is 0.479. The zero-order chi connectivity index (χ0) is 7.40. The van der Waals surface area contributed by atoms with Crippen LogP contribution < -0.4 is 0 Å². The minimum absolute atomic E-state index is 0.0142. The molecule has 1 aliphatic rings. The first-order chi connectivity index (χ1) is 4.83. The molecule has 0 bridgehead atoms. The fourth-order valence-electron chi connectivity index (χ4n) is 1.02. The summed E-state index contributed by atoms with van der Waals surface area (Å²) in [6.45, 7) is 0. The van der Waals surface area contributed by atoms with Crippen LogP contribution in [0.3, 0.4) is 0 Å². The smallest absolute Gasteiger partial charge is 0.206 e. The molecule has 2 nitrogen and oxygen atoms in total. The molecule has 0 aromatic carbocycles. The maximum Gasteiger partial charge on any atom is 0.206 e. The molecule has 10 heavy (non-hydrogen) atoms. The van der Waals surface area contributed by atoms with Gasteiger partial charge in [-0.2, -0.15) is 0 Å². The summed E-state index contributed by atoms with van der Waals surface area (Å²) in [5, 5.41) is 0. The van der Waals surface area contributed by atoms with E-state index in [1.807, 2.05) is 0 Å². The van der Waals surface area contributed by atoms with Crippen molar-refractivity contribution in [2.75, 3.05) is 0 Å². The first-order valence-corrected chi connectivity index (χ1v) is 3.64. The van der Waals surface area contributed by atoms with Crippen LogP contribution in [0.25, 0.3) is 0 Å². The second-order valence-corrected chi connectivity index (χ2v) is 2.69. The quantitative estimate of drug-likeness (QED) is 0.326. The molecule has 0 aromatic heterocycles. The van der Waals surface area contributed by atoms with Gasteiger partial charge in [0.1, 0.15) is 6.29 Å². The average Bonchev–Trinajstić information content (AvgIpc) is 1.80. The number of rotatable bonds is 4. The van der Waals surface area contributed by atoms with Crippen LogP contribution in [-0.2, 0) is 9.59 Å². The van der Waals surface area contributed by atoms with Gasteiger partial charge in [0.15, 0.2) is 0 Å². The second-order valence-electron chi connectivity index (χ2n) is 2.69. The molecule has 1 fully saturated rings. The average molecular weight is 137 g/mol. The van der Waals surface area contributed by atoms with Crippen molar-refractivity contribution in [1.29, 1.82) is 0 Å². The molecule has 0 saturated heterocycles. The molecule has 0 aromatic rings. The summed E-state index contributed by atoms with van der Waals surface area (Å²) in [7, 11) is 1.69. The van der Waals surface area contributed by atoms with Gasteiger partial charge in [-0.25, -0.2) is 0 Å². The van der Waals surface area contributed by atoms with Crippen molar-refractivity contribution in [1.82, 2.24) is 0 Å². The van der Waals surface area contributed by atoms with Gasteiger partial charge >= 0.3 is 0 Å². The van der Waals surface area contributed by atoms with Crippen molar-refractivity contribution in [3.8, 4) is 0 Å². The Morgan fingerprint density at radius 3 is 2.70 bits per heavy atom. The van der Waals surface area contributed by atoms with E-state index < -0.39 is 0 Å². The molecule has 1 saturated carbocycles. The van der Waals surface area contributed by atoms with E-state index in [2.05, 4.69) is 0 Å². The highest BCUT2D eigenvalue weighted by atomic mass is 16.1. The molecule has 53 valence electrons. The molecule has 0 aliphatic heterocycles. The summed E-state index contributed by atoms with van der Waals surface area (Å²) < 4.78 is 0. The van der Waals surface area contributed by atoms with Crippen LogP contribution in [0.5, 0.6) is 0 Å². The summed E-state index contributed by atoms with van der Waals surface area (Å²) in [4.78, 5) is 20.6. The summed E-state index contributed by atoms with van der Waals surface area (Å²) in [6.07, 6.45) is 4.22. The Kier molecular flexibility index (Phi) is 2.66. The van der Waals surface area contributed by atoms with E-state index in [9.17, 15) is 9.59 Å². The highest BCUT2D eigenvalue weighted by molar-refractivity contribution is 6.75. The van der Waals surface area contributed by atoms with Crippen LogP contribution in [-0.4, -0.2) is 19.2 Å². The van der Waals surface area contributed by atoms with Gasteiger partial charge in [-0.05, 0) is 0 Å². The molecular formula is C7H10BO2. The van der Waals surface area contributed by atoms with Gasteiger partial charge in [0.05, 0.1) is 12.1 Å². The zero-order valence-electron chi connectivity index (χ0n) is 5.88. The Labute approximate surface area is 61.2 Å². The van der Waals surface area contributed by atoms with E-state index in [-0.39, 0.29) is 12.1 Å². The van der Waals surface area contributed by atoms with Crippen molar-refractivity contribution in [3.05, 3.63) is 0 Å². The monoisotopic (exact) mass is 137 g/mol. The third-order valence-electron chi connectivity index (χ3n) is 1.86. The van der Waals surface area contributed by atoms with Gasteiger partial charge in [-0.1, -0.05) is 25.1 Å². The van der Waals surface area contributed by atoms with Gasteiger partial charge in [0.25, 0.3) is 0 Å². The topological polar surface area (TPSA) is 34.1 Å². The van der Waals surface area contributed by atoms with E-state index in [4.69, 9.17) is 0 Å². The Hall–Kier alpha value is -0.595. The SMILES string of the molecule is O=CCC(=O)[B]C1CCC1. The third kappa shape index (κ3) is 1.97. The van der Waals surface area contributed by atoms with Crippen LogP contribution in [0.1, 0.15) is 25.7 Å². The fourth-order valence-corrected chi connectivity index (χ4v) is 1.02. The Balaban J connectivity index is 2.10. The van der Waals surface area contributed by atoms with Crippen LogP contribution in [0.2, 0.25) is 5.82 Å². The van der Waals surface area contributed by atoms with E-state index in [0.717, 1.165) is 12.8 Å². The molecule has 1 radical (unpaired) electrons. The maximum atomic E-state index is 10.8. The molecule has 0 heterocycles. The normalized spacial score (nSPS) is 17.6. The molecule has 1 aliphatic carbocycles. The predicted octanol–water partition coefficient (Wildman–Crippen LogP) is 0.779. The van der Waals surface area contributed by atoms with E-state index in [1.165, 1.54) is 6.42 Å². The standard InChI is InChI=1S/C7H10BO2/c9-5-4-7(10)8-6-2-1-3-6/h5-6H,1-4H2. The van der Waals surface area contributed by atoms with Crippen LogP contribution in [0.15, 0.2) is 0 Å². The highest BCUT2D eigenvalue weighted by Crippen LogP contribution is 2.31. The lowest BCUT2D eigenvalue weighted by Gasteiger charge is -2.23. The van der Waals surface area contributed by atoms with E-state index >= 15 is 0 Å². The maximum absolute atomic E-state index is 10.8. The van der Waals surface area contributed by atoms with Crippen molar-refractivity contribution in [2.24, 2.45) is 0 Å². The minimum atomic E-state index is -0.0142. The predicted molar refractivity (Wildman–Crippen MR) is 39.0 cm³/mol. The molecule has 3 heteroatoms. The summed E-state index contributed by atoms with van der Waals surface area (Å²) >= 11 is 0. The summed E-state index contributed by atoms with van der Waals surface area (Å²) in [6, 6.07) is 0. The van der Waals surface area contributed by atoms with Crippen molar-refractivity contribution >= 4 is 19.2 Å². The minimum Gasteiger partial charge on any atom is -0.311 e. The molecule has 0 atom stereocenters. The van der Waals surface area contributed by atoms with E-state index in [0.29, 0.717) is 12.1 Å². The summed E-state index contributed by atoms with van der Waals surface area (Å²) in [5.41, 5.74) is -0.0142. The van der Waals surface area contributed by atoms with Gasteiger partial charge in [-0.15, -0.1) is 0 Å². The highest BCUT2D eigenvalue weighted by Gasteiger charge is 2.21. The van der Waals surface area contributed by atoms with Crippen molar-refractivity contribution < 1.29 is 9.59 Å². The fraction of sp³-hybridized carbons (Fsp3) is 0.714. The zero-order valence-corrected chi connectivity index (χ0v) is 5.88. The number of hydrogen-bond acceptors (Lipinski definition) is 2. The second kappa shape index (κ2) is 3.54. The number of hydrogen-bond donors (Lipinski definition) is 0. The lowest BCUT2D eigenvalue weighted by atomic mass is 9.52. The first-order valence-electron chi connectivity index (χ1n) is 3.64.